The van der Waals surface area contributed by atoms with Crippen LogP contribution in [-0.2, 0) is 20.6 Å². The van der Waals surface area contributed by atoms with E-state index in [0.717, 1.165) is 23.6 Å². The molecule has 160 valence electrons. The summed E-state index contributed by atoms with van der Waals surface area (Å²) in [5, 5.41) is 0.698. The Hall–Kier alpha value is -2.62. The third-order valence-electron chi connectivity index (χ3n) is 5.57. The molecule has 1 fully saturated rings. The van der Waals surface area contributed by atoms with Gasteiger partial charge in [-0.25, -0.2) is 14.8 Å². The molecule has 0 saturated carbocycles. The zero-order chi connectivity index (χ0) is 21.4. The summed E-state index contributed by atoms with van der Waals surface area (Å²) in [5.41, 5.74) is 0.224. The molecule has 0 spiro atoms. The van der Waals surface area contributed by atoms with E-state index < -0.39 is 0 Å². The van der Waals surface area contributed by atoms with Crippen LogP contribution >= 0.6 is 11.8 Å². The van der Waals surface area contributed by atoms with Crippen molar-refractivity contribution in [2.45, 2.75) is 32.0 Å². The Morgan fingerprint density at radius 1 is 1.07 bits per heavy atom. The molecule has 10 heteroatoms. The lowest BCUT2D eigenvalue weighted by Gasteiger charge is -2.35. The van der Waals surface area contributed by atoms with Gasteiger partial charge in [-0.15, -0.1) is 0 Å². The summed E-state index contributed by atoms with van der Waals surface area (Å²) in [6.45, 7) is 6.83. The Morgan fingerprint density at radius 3 is 2.40 bits per heavy atom. The van der Waals surface area contributed by atoms with Gasteiger partial charge in [-0.2, -0.15) is 4.98 Å². The smallest absolute Gasteiger partial charge is 0.332 e. The number of nitrogens with zero attached hydrogens (tertiary/aromatic N) is 7. The maximum absolute atomic E-state index is 13.0. The Morgan fingerprint density at radius 2 is 1.73 bits per heavy atom. The molecule has 9 nitrogen and oxygen atoms in total. The van der Waals surface area contributed by atoms with E-state index in [4.69, 9.17) is 4.98 Å². The summed E-state index contributed by atoms with van der Waals surface area (Å²) in [5.74, 6) is 2.53. The molecular formula is C20H27N7O2S. The molecule has 4 heterocycles. The number of anilines is 1. The number of aryl methyl sites for hydroxylation is 2. The molecule has 0 unspecified atom stereocenters. The first-order chi connectivity index (χ1) is 14.4. The Labute approximate surface area is 178 Å². The van der Waals surface area contributed by atoms with Gasteiger partial charge < -0.3 is 9.47 Å². The van der Waals surface area contributed by atoms with Gasteiger partial charge in [-0.05, 0) is 24.3 Å². The number of rotatable bonds is 5. The standard InChI is InChI=1S/C20H27N7O2S/c1-13-10-14(2)12-26(11-13)19-23-16-15(17(28)25(4)20(29)24(16)3)27(19)8-9-30-18-21-6-5-7-22-18/h5-7,13-14H,8-12H2,1-4H3/t13-,14-/m0/s1. The fourth-order valence-electron chi connectivity index (χ4n) is 4.30. The van der Waals surface area contributed by atoms with Crippen molar-refractivity contribution in [2.24, 2.45) is 25.9 Å². The van der Waals surface area contributed by atoms with E-state index in [-0.39, 0.29) is 11.2 Å². The second-order valence-corrected chi connectivity index (χ2v) is 9.23. The van der Waals surface area contributed by atoms with Crippen molar-refractivity contribution in [1.29, 1.82) is 0 Å². The van der Waals surface area contributed by atoms with E-state index in [0.29, 0.717) is 40.5 Å². The molecule has 0 N–H and O–H groups in total. The maximum Gasteiger partial charge on any atom is 0.332 e. The van der Waals surface area contributed by atoms with Gasteiger partial charge in [0, 0.05) is 51.9 Å². The van der Waals surface area contributed by atoms with Gasteiger partial charge >= 0.3 is 5.69 Å². The fourth-order valence-corrected chi connectivity index (χ4v) is 5.03. The van der Waals surface area contributed by atoms with Crippen LogP contribution in [0.4, 0.5) is 5.95 Å². The SMILES string of the molecule is C[C@H]1C[C@H](C)CN(c2nc3c(c(=O)n(C)c(=O)n3C)n2CCSc2ncccn2)C1. The highest BCUT2D eigenvalue weighted by Gasteiger charge is 2.28. The van der Waals surface area contributed by atoms with Crippen LogP contribution in [0.15, 0.2) is 33.2 Å². The van der Waals surface area contributed by atoms with Crippen molar-refractivity contribution < 1.29 is 0 Å². The van der Waals surface area contributed by atoms with Crippen molar-refractivity contribution in [3.8, 4) is 0 Å². The molecule has 0 bridgehead atoms. The van der Waals surface area contributed by atoms with E-state index >= 15 is 0 Å². The minimum Gasteiger partial charge on any atom is -0.342 e. The second kappa shape index (κ2) is 8.25. The van der Waals surface area contributed by atoms with Crippen LogP contribution in [0.5, 0.6) is 0 Å². The van der Waals surface area contributed by atoms with E-state index in [2.05, 4.69) is 28.7 Å². The van der Waals surface area contributed by atoms with E-state index in [1.807, 2.05) is 4.57 Å². The van der Waals surface area contributed by atoms with Crippen molar-refractivity contribution >= 4 is 28.9 Å². The van der Waals surface area contributed by atoms with Gasteiger partial charge in [0.2, 0.25) is 5.95 Å². The lowest BCUT2D eigenvalue weighted by Crippen LogP contribution is -2.40. The molecule has 30 heavy (non-hydrogen) atoms. The van der Waals surface area contributed by atoms with Gasteiger partial charge in [0.25, 0.3) is 5.56 Å². The van der Waals surface area contributed by atoms with Gasteiger partial charge in [0.15, 0.2) is 16.3 Å². The van der Waals surface area contributed by atoms with Gasteiger partial charge in [-0.1, -0.05) is 25.6 Å². The van der Waals surface area contributed by atoms with Crippen LogP contribution in [0.1, 0.15) is 20.3 Å². The minimum absolute atomic E-state index is 0.314. The summed E-state index contributed by atoms with van der Waals surface area (Å²) >= 11 is 1.53. The number of aromatic nitrogens is 6. The Balaban J connectivity index is 1.78. The van der Waals surface area contributed by atoms with Crippen LogP contribution in [0, 0.1) is 11.8 Å². The predicted octanol–water partition coefficient (Wildman–Crippen LogP) is 1.50. The molecule has 4 rings (SSSR count). The molecule has 3 aromatic heterocycles. The Bertz CT molecular complexity index is 1160. The lowest BCUT2D eigenvalue weighted by atomic mass is 9.92. The monoisotopic (exact) mass is 429 g/mol. The molecule has 1 aliphatic rings. The third-order valence-corrected chi connectivity index (χ3v) is 6.42. The summed E-state index contributed by atoms with van der Waals surface area (Å²) < 4.78 is 4.58. The molecular weight excluding hydrogens is 402 g/mol. The van der Waals surface area contributed by atoms with Crippen LogP contribution in [0.25, 0.3) is 11.2 Å². The highest BCUT2D eigenvalue weighted by Crippen LogP contribution is 2.28. The van der Waals surface area contributed by atoms with Crippen molar-refractivity contribution in [3.63, 3.8) is 0 Å². The van der Waals surface area contributed by atoms with Crippen LogP contribution in [0.3, 0.4) is 0 Å². The topological polar surface area (TPSA) is 90.8 Å². The molecule has 2 atom stereocenters. The fraction of sp³-hybridized carbons (Fsp3) is 0.550. The van der Waals surface area contributed by atoms with Gasteiger partial charge in [0.1, 0.15) is 0 Å². The summed E-state index contributed by atoms with van der Waals surface area (Å²) in [4.78, 5) is 41.0. The summed E-state index contributed by atoms with van der Waals surface area (Å²) in [7, 11) is 3.18. The van der Waals surface area contributed by atoms with Crippen LogP contribution in [-0.4, -0.2) is 47.5 Å². The quantitative estimate of drug-likeness (QED) is 0.448. The summed E-state index contributed by atoms with van der Waals surface area (Å²) in [6, 6.07) is 1.79. The summed E-state index contributed by atoms with van der Waals surface area (Å²) in [6.07, 6.45) is 4.61. The van der Waals surface area contributed by atoms with Crippen molar-refractivity contribution in [1.82, 2.24) is 28.7 Å². The number of thioether (sulfide) groups is 1. The van der Waals surface area contributed by atoms with Gasteiger partial charge in [-0.3, -0.25) is 13.9 Å². The molecule has 3 aromatic rings. The molecule has 1 saturated heterocycles. The maximum atomic E-state index is 13.0. The molecule has 1 aliphatic heterocycles. The molecule has 0 aromatic carbocycles. The molecule has 0 amide bonds. The van der Waals surface area contributed by atoms with E-state index in [1.165, 1.54) is 29.8 Å². The minimum atomic E-state index is -0.365. The van der Waals surface area contributed by atoms with Crippen LogP contribution in [0.2, 0.25) is 0 Å². The van der Waals surface area contributed by atoms with Crippen LogP contribution < -0.4 is 16.1 Å². The normalized spacial score (nSPS) is 19.5. The highest BCUT2D eigenvalue weighted by molar-refractivity contribution is 7.99. The first-order valence-corrected chi connectivity index (χ1v) is 11.2. The van der Waals surface area contributed by atoms with Crippen molar-refractivity contribution in [3.05, 3.63) is 39.3 Å². The number of hydrogen-bond acceptors (Lipinski definition) is 7. The van der Waals surface area contributed by atoms with E-state index in [9.17, 15) is 9.59 Å². The number of hydrogen-bond donors (Lipinski definition) is 0. The first-order valence-electron chi connectivity index (χ1n) is 10.2. The Kier molecular flexibility index (Phi) is 5.68. The highest BCUT2D eigenvalue weighted by atomic mass is 32.2. The second-order valence-electron chi connectivity index (χ2n) is 8.17. The predicted molar refractivity (Wildman–Crippen MR) is 118 cm³/mol. The average molecular weight is 430 g/mol. The van der Waals surface area contributed by atoms with Gasteiger partial charge in [0.05, 0.1) is 0 Å². The lowest BCUT2D eigenvalue weighted by molar-refractivity contribution is 0.352. The first kappa shape index (κ1) is 20.6. The number of fused-ring (bicyclic) bond motifs is 1. The molecule has 0 radical (unpaired) electrons. The number of piperidine rings is 1. The zero-order valence-electron chi connectivity index (χ0n) is 17.8. The van der Waals surface area contributed by atoms with E-state index in [1.54, 1.807) is 25.5 Å². The number of imidazole rings is 1. The molecule has 0 aliphatic carbocycles. The van der Waals surface area contributed by atoms with Crippen molar-refractivity contribution in [2.75, 3.05) is 23.7 Å². The zero-order valence-corrected chi connectivity index (χ0v) is 18.6. The average Bonchev–Trinajstić information content (AvgIpc) is 3.10. The largest absolute Gasteiger partial charge is 0.342 e. The third kappa shape index (κ3) is 3.76.